The second-order valence-electron chi connectivity index (χ2n) is 5.45. The molecule has 1 aromatic heterocycles. The topological polar surface area (TPSA) is 87.0 Å². The van der Waals surface area contributed by atoms with Crippen molar-refractivity contribution in [2.24, 2.45) is 4.99 Å². The molecule has 136 valence electrons. The van der Waals surface area contributed by atoms with Crippen LogP contribution in [0, 0.1) is 0 Å². The Kier molecular flexibility index (Phi) is 6.91. The predicted octanol–water partition coefficient (Wildman–Crippen LogP) is 1.46. The summed E-state index contributed by atoms with van der Waals surface area (Å²) in [5.41, 5.74) is 1.18. The Labute approximate surface area is 147 Å². The number of esters is 1. The second-order valence-corrected chi connectivity index (χ2v) is 5.45. The lowest BCUT2D eigenvalue weighted by Gasteiger charge is -2.26. The Hall–Kier alpha value is -2.45. The number of hydrogen-bond acceptors (Lipinski definition) is 7. The molecule has 0 aromatic carbocycles. The van der Waals surface area contributed by atoms with Crippen molar-refractivity contribution in [2.45, 2.75) is 32.1 Å². The minimum absolute atomic E-state index is 0.150. The van der Waals surface area contributed by atoms with E-state index in [9.17, 15) is 4.79 Å². The average molecular weight is 348 g/mol. The van der Waals surface area contributed by atoms with Crippen molar-refractivity contribution in [3.8, 4) is 0 Å². The third-order valence-electron chi connectivity index (χ3n) is 3.79. The van der Waals surface area contributed by atoms with Crippen LogP contribution in [0.2, 0.25) is 0 Å². The third-order valence-corrected chi connectivity index (χ3v) is 3.79. The van der Waals surface area contributed by atoms with E-state index in [1.807, 2.05) is 6.92 Å². The first-order valence-corrected chi connectivity index (χ1v) is 7.99. The molecule has 8 nitrogen and oxygen atoms in total. The quantitative estimate of drug-likeness (QED) is 0.435. The van der Waals surface area contributed by atoms with E-state index in [1.54, 1.807) is 37.4 Å². The molecule has 0 aliphatic carbocycles. The van der Waals surface area contributed by atoms with Crippen molar-refractivity contribution >= 4 is 11.9 Å². The Morgan fingerprint density at radius 3 is 2.84 bits per heavy atom. The highest BCUT2D eigenvalue weighted by Gasteiger charge is 2.30. The lowest BCUT2D eigenvalue weighted by Crippen LogP contribution is -2.39. The average Bonchev–Trinajstić information content (AvgIpc) is 3.14. The van der Waals surface area contributed by atoms with Crippen molar-refractivity contribution in [1.29, 1.82) is 0 Å². The van der Waals surface area contributed by atoms with Gasteiger partial charge in [0.2, 0.25) is 5.96 Å². The fraction of sp³-hybridized carbons (Fsp3) is 0.471. The van der Waals surface area contributed by atoms with Crippen molar-refractivity contribution in [1.82, 2.24) is 15.1 Å². The van der Waals surface area contributed by atoms with Gasteiger partial charge < -0.3 is 19.5 Å². The summed E-state index contributed by atoms with van der Waals surface area (Å²) in [5, 5.41) is 7.29. The summed E-state index contributed by atoms with van der Waals surface area (Å²) in [5.74, 6) is 0.142. The van der Waals surface area contributed by atoms with E-state index in [-0.39, 0.29) is 18.9 Å². The number of carbonyl (C=O) groups excluding carboxylic acids is 1. The van der Waals surface area contributed by atoms with E-state index in [4.69, 9.17) is 14.2 Å². The van der Waals surface area contributed by atoms with Gasteiger partial charge in [-0.25, -0.2) is 14.5 Å². The smallest absolute Gasteiger partial charge is 0.338 e. The van der Waals surface area contributed by atoms with Gasteiger partial charge in [-0.05, 0) is 19.4 Å². The minimum Gasteiger partial charge on any atom is -0.458 e. The number of nitrogens with zero attached hydrogens (tertiary/aromatic N) is 3. The molecule has 1 aliphatic heterocycles. The number of allylic oxidation sites excluding steroid dienone is 1. The largest absolute Gasteiger partial charge is 0.458 e. The Balaban J connectivity index is 2.24. The maximum absolute atomic E-state index is 12.4. The Bertz CT molecular complexity index is 648. The lowest BCUT2D eigenvalue weighted by molar-refractivity contribution is -0.138. The van der Waals surface area contributed by atoms with Gasteiger partial charge in [0, 0.05) is 38.7 Å². The number of methoxy groups -OCH3 is 2. The van der Waals surface area contributed by atoms with Crippen LogP contribution in [-0.2, 0) is 19.0 Å². The van der Waals surface area contributed by atoms with Gasteiger partial charge >= 0.3 is 5.97 Å². The maximum Gasteiger partial charge on any atom is 0.338 e. The molecule has 1 aromatic rings. The summed E-state index contributed by atoms with van der Waals surface area (Å²) < 4.78 is 17.3. The first-order chi connectivity index (χ1) is 12.1. The van der Waals surface area contributed by atoms with Gasteiger partial charge in [-0.3, -0.25) is 0 Å². The molecule has 0 fully saturated rings. The summed E-state index contributed by atoms with van der Waals surface area (Å²) in [7, 11) is 3.16. The van der Waals surface area contributed by atoms with Gasteiger partial charge in [-0.2, -0.15) is 5.10 Å². The number of carbonyl (C=O) groups is 1. The SMILES string of the molecule is C=CCOC(=O)C1=C(C)NC(n2cccn2)=NC1CCC(OC)OC. The van der Waals surface area contributed by atoms with Crippen LogP contribution in [0.3, 0.4) is 0 Å². The maximum atomic E-state index is 12.4. The third kappa shape index (κ3) is 4.77. The van der Waals surface area contributed by atoms with Crippen LogP contribution in [0.4, 0.5) is 0 Å². The molecular weight excluding hydrogens is 324 g/mol. The number of aliphatic imine (C=N–C) groups is 1. The zero-order chi connectivity index (χ0) is 18.2. The van der Waals surface area contributed by atoms with Gasteiger partial charge in [-0.1, -0.05) is 12.7 Å². The van der Waals surface area contributed by atoms with E-state index in [0.29, 0.717) is 30.1 Å². The fourth-order valence-electron chi connectivity index (χ4n) is 2.58. The van der Waals surface area contributed by atoms with Gasteiger partial charge in [0.25, 0.3) is 0 Å². The van der Waals surface area contributed by atoms with E-state index < -0.39 is 5.97 Å². The molecule has 0 saturated carbocycles. The summed E-state index contributed by atoms with van der Waals surface area (Å²) in [4.78, 5) is 17.1. The molecule has 0 saturated heterocycles. The van der Waals surface area contributed by atoms with E-state index in [2.05, 4.69) is 22.0 Å². The van der Waals surface area contributed by atoms with Crippen molar-refractivity contribution < 1.29 is 19.0 Å². The normalized spacial score (nSPS) is 17.3. The van der Waals surface area contributed by atoms with Gasteiger partial charge in [0.05, 0.1) is 11.6 Å². The molecule has 0 radical (unpaired) electrons. The number of rotatable bonds is 8. The molecule has 2 rings (SSSR count). The van der Waals surface area contributed by atoms with Crippen LogP contribution in [0.15, 0.2) is 47.4 Å². The molecule has 2 heterocycles. The first kappa shape index (κ1) is 18.9. The highest BCUT2D eigenvalue weighted by molar-refractivity contribution is 5.95. The van der Waals surface area contributed by atoms with Crippen molar-refractivity contribution in [3.63, 3.8) is 0 Å². The van der Waals surface area contributed by atoms with Crippen molar-refractivity contribution in [2.75, 3.05) is 20.8 Å². The number of hydrogen-bond donors (Lipinski definition) is 1. The van der Waals surface area contributed by atoms with E-state index in [0.717, 1.165) is 0 Å². The Morgan fingerprint density at radius 1 is 1.48 bits per heavy atom. The van der Waals surface area contributed by atoms with Crippen LogP contribution in [0.25, 0.3) is 0 Å². The summed E-state index contributed by atoms with van der Waals surface area (Å²) in [6, 6.07) is 1.42. The van der Waals surface area contributed by atoms with E-state index in [1.165, 1.54) is 6.08 Å². The highest BCUT2D eigenvalue weighted by Crippen LogP contribution is 2.23. The summed E-state index contributed by atoms with van der Waals surface area (Å²) in [6.45, 7) is 5.53. The monoisotopic (exact) mass is 348 g/mol. The molecule has 25 heavy (non-hydrogen) atoms. The molecule has 0 spiro atoms. The van der Waals surface area contributed by atoms with Crippen LogP contribution >= 0.6 is 0 Å². The standard InChI is InChI=1S/C17H24N4O4/c1-5-11-25-16(22)15-12(2)19-17(21-10-6-9-18-21)20-13(15)7-8-14(23-3)24-4/h5-6,9-10,13-14H,1,7-8,11H2,2-4H3,(H,19,20). The van der Waals surface area contributed by atoms with Gasteiger partial charge in [0.15, 0.2) is 6.29 Å². The number of ether oxygens (including phenoxy) is 3. The summed E-state index contributed by atoms with van der Waals surface area (Å²) in [6.07, 6.45) is 5.77. The van der Waals surface area contributed by atoms with Crippen LogP contribution in [0.5, 0.6) is 0 Å². The van der Waals surface area contributed by atoms with Crippen molar-refractivity contribution in [3.05, 3.63) is 42.4 Å². The van der Waals surface area contributed by atoms with E-state index >= 15 is 0 Å². The highest BCUT2D eigenvalue weighted by atomic mass is 16.7. The molecule has 8 heteroatoms. The fourth-order valence-corrected chi connectivity index (χ4v) is 2.58. The Morgan fingerprint density at radius 2 is 2.24 bits per heavy atom. The number of nitrogens with one attached hydrogen (secondary N) is 1. The first-order valence-electron chi connectivity index (χ1n) is 7.99. The van der Waals surface area contributed by atoms with Gasteiger partial charge in [0.1, 0.15) is 6.61 Å². The minimum atomic E-state index is -0.412. The second kappa shape index (κ2) is 9.14. The molecule has 1 N–H and O–H groups in total. The molecule has 1 unspecified atom stereocenters. The zero-order valence-corrected chi connectivity index (χ0v) is 14.8. The summed E-state index contributed by atoms with van der Waals surface area (Å²) >= 11 is 0. The van der Waals surface area contributed by atoms with Crippen LogP contribution in [-0.4, -0.2) is 54.9 Å². The molecule has 0 amide bonds. The molecule has 1 aliphatic rings. The molecular formula is C17H24N4O4. The molecule has 0 bridgehead atoms. The van der Waals surface area contributed by atoms with Crippen LogP contribution < -0.4 is 5.32 Å². The van der Waals surface area contributed by atoms with Crippen LogP contribution in [0.1, 0.15) is 19.8 Å². The lowest BCUT2D eigenvalue weighted by atomic mass is 9.99. The zero-order valence-electron chi connectivity index (χ0n) is 14.8. The molecule has 1 atom stereocenters. The van der Waals surface area contributed by atoms with Gasteiger partial charge in [-0.15, -0.1) is 0 Å². The predicted molar refractivity (Wildman–Crippen MR) is 92.9 cm³/mol. The number of aromatic nitrogens is 2.